The minimum absolute atomic E-state index is 0.147. The molecule has 1 atom stereocenters. The van der Waals surface area contributed by atoms with Crippen LogP contribution in [0.1, 0.15) is 47.2 Å². The Kier molecular flexibility index (Phi) is 7.90. The Morgan fingerprint density at radius 3 is 1.78 bits per heavy atom. The third kappa shape index (κ3) is 5.09. The molecule has 2 nitrogen and oxygen atoms in total. The van der Waals surface area contributed by atoms with Gasteiger partial charge in [-0.15, -0.1) is 11.3 Å². The summed E-state index contributed by atoms with van der Waals surface area (Å²) in [4.78, 5) is 7.61. The lowest BCUT2D eigenvalue weighted by Gasteiger charge is -2.47. The Bertz CT molecular complexity index is 3950. The highest BCUT2D eigenvalue weighted by Gasteiger charge is 2.53. The van der Waals surface area contributed by atoms with Crippen LogP contribution in [0.4, 0.5) is 34.1 Å². The summed E-state index contributed by atoms with van der Waals surface area (Å²) in [5.41, 5.74) is 22.1. The van der Waals surface area contributed by atoms with E-state index in [1.807, 2.05) is 23.1 Å². The number of benzene rings is 10. The minimum atomic E-state index is -0.561. The number of hydrogen-bond acceptors (Lipinski definition) is 4. The molecule has 2 aliphatic carbocycles. The Labute approximate surface area is 404 Å². The molecule has 4 heteroatoms. The number of thiophene rings is 1. The average molecular weight is 903 g/mol. The van der Waals surface area contributed by atoms with Crippen LogP contribution in [0.2, 0.25) is 0 Å². The summed E-state index contributed by atoms with van der Waals surface area (Å²) in [7, 11) is 0. The number of para-hydroxylation sites is 3. The van der Waals surface area contributed by atoms with Crippen LogP contribution in [0, 0.1) is 0 Å². The molecule has 15 rings (SSSR count). The van der Waals surface area contributed by atoms with E-state index in [2.05, 4.69) is 242 Å². The molecule has 0 saturated carbocycles. The van der Waals surface area contributed by atoms with Crippen molar-refractivity contribution in [2.75, 3.05) is 9.80 Å². The molecule has 320 valence electrons. The molecule has 1 unspecified atom stereocenters. The van der Waals surface area contributed by atoms with Crippen LogP contribution < -0.4 is 9.80 Å². The van der Waals surface area contributed by atoms with Crippen LogP contribution >= 0.6 is 23.1 Å². The van der Waals surface area contributed by atoms with E-state index < -0.39 is 5.41 Å². The Hall–Kier alpha value is -7.63. The smallest absolute Gasteiger partial charge is 0.0755 e. The maximum atomic E-state index is 2.54. The van der Waals surface area contributed by atoms with Crippen LogP contribution in [0.3, 0.4) is 0 Å². The first-order valence-electron chi connectivity index (χ1n) is 23.6. The molecule has 1 aromatic heterocycles. The van der Waals surface area contributed by atoms with Crippen LogP contribution in [0.15, 0.2) is 228 Å². The van der Waals surface area contributed by atoms with Crippen molar-refractivity contribution in [1.82, 2.24) is 0 Å². The van der Waals surface area contributed by atoms with E-state index in [4.69, 9.17) is 0 Å². The molecular formula is C64H42N2S2. The molecule has 4 aliphatic rings. The summed E-state index contributed by atoms with van der Waals surface area (Å²) in [5, 5.41) is 2.64. The first-order valence-corrected chi connectivity index (χ1v) is 25.2. The SMILES string of the molecule is CC1(C)c2ccccc2-c2ccc(N(c3ccc(-c4ccc5sc6ccccc6c5c4)cc3)c3ccc4c(c3)C3(c5ccccc5-4)c4ccccc4N4c5ccccc5Sc5cccc3c54)cc21. The third-order valence-electron chi connectivity index (χ3n) is 15.4. The lowest BCUT2D eigenvalue weighted by Crippen LogP contribution is -2.37. The van der Waals surface area contributed by atoms with E-state index in [0.717, 1.165) is 17.1 Å². The second-order valence-electron chi connectivity index (χ2n) is 19.2. The molecular weight excluding hydrogens is 861 g/mol. The molecule has 1 spiro atoms. The molecule has 0 N–H and O–H groups in total. The number of hydrogen-bond donors (Lipinski definition) is 0. The zero-order valence-corrected chi connectivity index (χ0v) is 39.1. The highest BCUT2D eigenvalue weighted by Crippen LogP contribution is 2.67. The lowest BCUT2D eigenvalue weighted by molar-refractivity contribution is 0.660. The van der Waals surface area contributed by atoms with Crippen molar-refractivity contribution < 1.29 is 0 Å². The summed E-state index contributed by atoms with van der Waals surface area (Å²) in [6.45, 7) is 4.76. The van der Waals surface area contributed by atoms with Crippen LogP contribution in [-0.2, 0) is 10.8 Å². The third-order valence-corrected chi connectivity index (χ3v) is 17.7. The van der Waals surface area contributed by atoms with Crippen molar-refractivity contribution in [3.8, 4) is 33.4 Å². The van der Waals surface area contributed by atoms with Gasteiger partial charge in [0.2, 0.25) is 0 Å². The highest BCUT2D eigenvalue weighted by molar-refractivity contribution is 7.99. The van der Waals surface area contributed by atoms with E-state index in [1.54, 1.807) is 0 Å². The Morgan fingerprint density at radius 1 is 0.382 bits per heavy atom. The zero-order chi connectivity index (χ0) is 44.9. The fraction of sp³-hybridized carbons (Fsp3) is 0.0625. The van der Waals surface area contributed by atoms with Crippen molar-refractivity contribution in [1.29, 1.82) is 0 Å². The second kappa shape index (κ2) is 14.0. The minimum Gasteiger partial charge on any atom is -0.310 e. The molecule has 0 bridgehead atoms. The predicted octanol–water partition coefficient (Wildman–Crippen LogP) is 18.1. The largest absolute Gasteiger partial charge is 0.310 e. The van der Waals surface area contributed by atoms with Gasteiger partial charge in [-0.3, -0.25) is 0 Å². The van der Waals surface area contributed by atoms with Gasteiger partial charge in [0.15, 0.2) is 0 Å². The van der Waals surface area contributed by atoms with Gasteiger partial charge in [-0.2, -0.15) is 0 Å². The van der Waals surface area contributed by atoms with Gasteiger partial charge in [0, 0.05) is 52.4 Å². The van der Waals surface area contributed by atoms with Crippen LogP contribution in [-0.4, -0.2) is 0 Å². The van der Waals surface area contributed by atoms with E-state index in [0.29, 0.717) is 0 Å². The molecule has 0 fully saturated rings. The van der Waals surface area contributed by atoms with Gasteiger partial charge in [0.05, 0.1) is 22.5 Å². The van der Waals surface area contributed by atoms with Gasteiger partial charge in [-0.25, -0.2) is 0 Å². The summed E-state index contributed by atoms with van der Waals surface area (Å²) in [6, 6.07) is 82.6. The van der Waals surface area contributed by atoms with Gasteiger partial charge in [-0.05, 0) is 146 Å². The van der Waals surface area contributed by atoms with E-state index in [1.165, 1.54) is 114 Å². The lowest BCUT2D eigenvalue weighted by atomic mass is 9.64. The summed E-state index contributed by atoms with van der Waals surface area (Å²) in [6.07, 6.45) is 0. The number of rotatable bonds is 4. The fourth-order valence-electron chi connectivity index (χ4n) is 12.5. The zero-order valence-electron chi connectivity index (χ0n) is 37.5. The molecule has 10 aromatic carbocycles. The summed E-state index contributed by atoms with van der Waals surface area (Å²) >= 11 is 3.76. The number of nitrogens with zero attached hydrogens (tertiary/aromatic N) is 2. The monoisotopic (exact) mass is 902 g/mol. The topological polar surface area (TPSA) is 6.48 Å². The Balaban J connectivity index is 0.952. The first-order chi connectivity index (χ1) is 33.5. The molecule has 11 aromatic rings. The van der Waals surface area contributed by atoms with Crippen molar-refractivity contribution in [3.05, 3.63) is 252 Å². The van der Waals surface area contributed by atoms with Crippen molar-refractivity contribution >= 4 is 77.4 Å². The van der Waals surface area contributed by atoms with Crippen molar-refractivity contribution in [3.63, 3.8) is 0 Å². The maximum absolute atomic E-state index is 2.54. The standard InChI is InChI=1S/C64H42N2S2/c1-63(2)50-17-6-3-14-44(50)46-33-31-42(37-54(46)63)65(41-29-26-39(27-30-41)40-28-35-59-49(36-40)48-16-5-11-23-58(48)67-59)43-32-34-47-45-15-4-7-18-51(45)64(55(47)38-43)52-19-8-9-21-56(52)66-57-22-10-12-24-60(57)68-61-25-13-20-53(64)62(61)66/h3-38H,1-2H3. The maximum Gasteiger partial charge on any atom is 0.0755 e. The Morgan fingerprint density at radius 2 is 0.956 bits per heavy atom. The molecule has 0 saturated heterocycles. The van der Waals surface area contributed by atoms with Gasteiger partial charge >= 0.3 is 0 Å². The molecule has 0 amide bonds. The predicted molar refractivity (Wildman–Crippen MR) is 287 cm³/mol. The molecule has 2 aliphatic heterocycles. The first kappa shape index (κ1) is 38.5. The normalized spacial score (nSPS) is 16.2. The van der Waals surface area contributed by atoms with Gasteiger partial charge in [-0.1, -0.05) is 165 Å². The van der Waals surface area contributed by atoms with Crippen LogP contribution in [0.25, 0.3) is 53.6 Å². The molecule has 68 heavy (non-hydrogen) atoms. The average Bonchev–Trinajstić information content (AvgIpc) is 3.98. The molecule has 0 radical (unpaired) electrons. The van der Waals surface area contributed by atoms with E-state index in [-0.39, 0.29) is 5.41 Å². The highest BCUT2D eigenvalue weighted by atomic mass is 32.2. The van der Waals surface area contributed by atoms with E-state index in [9.17, 15) is 0 Å². The fourth-order valence-corrected chi connectivity index (χ4v) is 14.6. The number of fused-ring (bicyclic) bond motifs is 17. The van der Waals surface area contributed by atoms with Gasteiger partial charge in [0.1, 0.15) is 0 Å². The quantitative estimate of drug-likeness (QED) is 0.174. The second-order valence-corrected chi connectivity index (χ2v) is 21.4. The van der Waals surface area contributed by atoms with Crippen molar-refractivity contribution in [2.45, 2.75) is 34.5 Å². The van der Waals surface area contributed by atoms with Crippen LogP contribution in [0.5, 0.6) is 0 Å². The summed E-state index contributed by atoms with van der Waals surface area (Å²) < 4.78 is 2.65. The van der Waals surface area contributed by atoms with Crippen molar-refractivity contribution in [2.24, 2.45) is 0 Å². The van der Waals surface area contributed by atoms with E-state index >= 15 is 0 Å². The molecule has 3 heterocycles. The van der Waals surface area contributed by atoms with Gasteiger partial charge < -0.3 is 9.80 Å². The number of anilines is 6. The van der Waals surface area contributed by atoms with Gasteiger partial charge in [0.25, 0.3) is 0 Å². The summed E-state index contributed by atoms with van der Waals surface area (Å²) in [5.74, 6) is 0.